The van der Waals surface area contributed by atoms with Crippen LogP contribution in [0.3, 0.4) is 0 Å². The zero-order valence-electron chi connectivity index (χ0n) is 9.69. The SMILES string of the molecule is CNC(=O)C(C)NCCSc1ccccc1. The number of amides is 1. The molecule has 0 saturated heterocycles. The highest BCUT2D eigenvalue weighted by Crippen LogP contribution is 2.15. The summed E-state index contributed by atoms with van der Waals surface area (Å²) in [7, 11) is 1.65. The van der Waals surface area contributed by atoms with Gasteiger partial charge in [0, 0.05) is 24.2 Å². The molecule has 1 amide bonds. The number of likely N-dealkylation sites (N-methyl/N-ethyl adjacent to an activating group) is 1. The average Bonchev–Trinajstić information content (AvgIpc) is 2.34. The van der Waals surface area contributed by atoms with E-state index in [-0.39, 0.29) is 11.9 Å². The van der Waals surface area contributed by atoms with Gasteiger partial charge >= 0.3 is 0 Å². The predicted octanol–water partition coefficient (Wildman–Crippen LogP) is 1.50. The van der Waals surface area contributed by atoms with E-state index in [9.17, 15) is 4.79 Å². The van der Waals surface area contributed by atoms with Crippen molar-refractivity contribution in [3.63, 3.8) is 0 Å². The summed E-state index contributed by atoms with van der Waals surface area (Å²) in [5, 5.41) is 5.79. The second-order valence-corrected chi connectivity index (χ2v) is 4.62. The Kier molecular flexibility index (Phi) is 5.96. The first kappa shape index (κ1) is 13.1. The van der Waals surface area contributed by atoms with E-state index in [1.807, 2.05) is 25.1 Å². The van der Waals surface area contributed by atoms with Crippen molar-refractivity contribution in [2.24, 2.45) is 0 Å². The molecule has 0 radical (unpaired) electrons. The van der Waals surface area contributed by atoms with Crippen LogP contribution in [-0.2, 0) is 4.79 Å². The van der Waals surface area contributed by atoms with Gasteiger partial charge in [0.2, 0.25) is 5.91 Å². The fourth-order valence-electron chi connectivity index (χ4n) is 1.27. The van der Waals surface area contributed by atoms with E-state index in [2.05, 4.69) is 22.8 Å². The van der Waals surface area contributed by atoms with E-state index in [4.69, 9.17) is 0 Å². The Balaban J connectivity index is 2.15. The highest BCUT2D eigenvalue weighted by Gasteiger charge is 2.08. The molecular weight excluding hydrogens is 220 g/mol. The van der Waals surface area contributed by atoms with Crippen molar-refractivity contribution >= 4 is 17.7 Å². The first-order chi connectivity index (χ1) is 7.74. The Bertz CT molecular complexity index is 316. The summed E-state index contributed by atoms with van der Waals surface area (Å²) in [4.78, 5) is 12.5. The van der Waals surface area contributed by atoms with Gasteiger partial charge in [0.15, 0.2) is 0 Å². The largest absolute Gasteiger partial charge is 0.358 e. The number of carbonyl (C=O) groups excluding carboxylic acids is 1. The highest BCUT2D eigenvalue weighted by atomic mass is 32.2. The maximum atomic E-state index is 11.2. The maximum absolute atomic E-state index is 11.2. The van der Waals surface area contributed by atoms with Gasteiger partial charge in [-0.05, 0) is 19.1 Å². The minimum atomic E-state index is -0.124. The van der Waals surface area contributed by atoms with Gasteiger partial charge in [-0.25, -0.2) is 0 Å². The fraction of sp³-hybridized carbons (Fsp3) is 0.417. The molecule has 0 fully saturated rings. The molecule has 1 aromatic rings. The van der Waals surface area contributed by atoms with Gasteiger partial charge in [0.1, 0.15) is 0 Å². The van der Waals surface area contributed by atoms with Crippen LogP contribution in [0.4, 0.5) is 0 Å². The molecule has 0 bridgehead atoms. The second kappa shape index (κ2) is 7.30. The van der Waals surface area contributed by atoms with Crippen LogP contribution >= 0.6 is 11.8 Å². The van der Waals surface area contributed by atoms with Crippen molar-refractivity contribution in [2.75, 3.05) is 19.3 Å². The number of benzene rings is 1. The molecule has 0 aliphatic rings. The lowest BCUT2D eigenvalue weighted by Gasteiger charge is -2.11. The quantitative estimate of drug-likeness (QED) is 0.583. The molecule has 1 unspecified atom stereocenters. The molecular formula is C12H18N2OS. The van der Waals surface area contributed by atoms with E-state index in [0.29, 0.717) is 0 Å². The third-order valence-electron chi connectivity index (χ3n) is 2.20. The van der Waals surface area contributed by atoms with Crippen molar-refractivity contribution in [1.29, 1.82) is 0 Å². The molecule has 4 heteroatoms. The van der Waals surface area contributed by atoms with Crippen LogP contribution in [0, 0.1) is 0 Å². The summed E-state index contributed by atoms with van der Waals surface area (Å²) >= 11 is 1.79. The van der Waals surface area contributed by atoms with Gasteiger partial charge in [-0.15, -0.1) is 11.8 Å². The summed E-state index contributed by atoms with van der Waals surface area (Å²) < 4.78 is 0. The van der Waals surface area contributed by atoms with Crippen molar-refractivity contribution in [1.82, 2.24) is 10.6 Å². The lowest BCUT2D eigenvalue weighted by molar-refractivity contribution is -0.122. The van der Waals surface area contributed by atoms with E-state index in [1.165, 1.54) is 4.90 Å². The van der Waals surface area contributed by atoms with Crippen molar-refractivity contribution < 1.29 is 4.79 Å². The van der Waals surface area contributed by atoms with Gasteiger partial charge in [0.05, 0.1) is 6.04 Å². The van der Waals surface area contributed by atoms with Crippen LogP contribution in [0.2, 0.25) is 0 Å². The van der Waals surface area contributed by atoms with Gasteiger partial charge in [-0.3, -0.25) is 4.79 Å². The molecule has 16 heavy (non-hydrogen) atoms. The smallest absolute Gasteiger partial charge is 0.236 e. The zero-order valence-corrected chi connectivity index (χ0v) is 10.5. The van der Waals surface area contributed by atoms with Crippen LogP contribution in [0.1, 0.15) is 6.92 Å². The van der Waals surface area contributed by atoms with E-state index in [1.54, 1.807) is 18.8 Å². The summed E-state index contributed by atoms with van der Waals surface area (Å²) in [6.07, 6.45) is 0. The van der Waals surface area contributed by atoms with Crippen molar-refractivity contribution in [2.45, 2.75) is 17.9 Å². The molecule has 0 saturated carbocycles. The molecule has 0 aliphatic carbocycles. The zero-order chi connectivity index (χ0) is 11.8. The van der Waals surface area contributed by atoms with E-state index >= 15 is 0 Å². The van der Waals surface area contributed by atoms with Crippen molar-refractivity contribution in [3.05, 3.63) is 30.3 Å². The average molecular weight is 238 g/mol. The molecule has 3 nitrogen and oxygen atoms in total. The Labute approximate surface area is 101 Å². The van der Waals surface area contributed by atoms with Crippen LogP contribution in [0.5, 0.6) is 0 Å². The summed E-state index contributed by atoms with van der Waals surface area (Å²) in [5.41, 5.74) is 0. The van der Waals surface area contributed by atoms with Crippen LogP contribution in [0.15, 0.2) is 35.2 Å². The highest BCUT2D eigenvalue weighted by molar-refractivity contribution is 7.99. The van der Waals surface area contributed by atoms with Gasteiger partial charge in [0.25, 0.3) is 0 Å². The first-order valence-corrected chi connectivity index (χ1v) is 6.35. The Morgan fingerprint density at radius 3 is 2.69 bits per heavy atom. The Morgan fingerprint density at radius 2 is 2.06 bits per heavy atom. The molecule has 88 valence electrons. The van der Waals surface area contributed by atoms with Gasteiger partial charge in [-0.2, -0.15) is 0 Å². The number of thioether (sulfide) groups is 1. The van der Waals surface area contributed by atoms with Crippen molar-refractivity contribution in [3.8, 4) is 0 Å². The normalized spacial score (nSPS) is 12.1. The molecule has 1 atom stereocenters. The van der Waals surface area contributed by atoms with E-state index < -0.39 is 0 Å². The predicted molar refractivity (Wildman–Crippen MR) is 68.7 cm³/mol. The third kappa shape index (κ3) is 4.68. The van der Waals surface area contributed by atoms with E-state index in [0.717, 1.165) is 12.3 Å². The maximum Gasteiger partial charge on any atom is 0.236 e. The standard InChI is InChI=1S/C12H18N2OS/c1-10(12(15)13-2)14-8-9-16-11-6-4-3-5-7-11/h3-7,10,14H,8-9H2,1-2H3,(H,13,15). The number of hydrogen-bond donors (Lipinski definition) is 2. The number of rotatable bonds is 6. The number of nitrogens with one attached hydrogen (secondary N) is 2. The van der Waals surface area contributed by atoms with Crippen LogP contribution in [0.25, 0.3) is 0 Å². The molecule has 0 aliphatic heterocycles. The lowest BCUT2D eigenvalue weighted by atomic mass is 10.3. The minimum Gasteiger partial charge on any atom is -0.358 e. The van der Waals surface area contributed by atoms with Gasteiger partial charge < -0.3 is 10.6 Å². The third-order valence-corrected chi connectivity index (χ3v) is 3.22. The molecule has 1 aromatic carbocycles. The molecule has 0 heterocycles. The van der Waals surface area contributed by atoms with Gasteiger partial charge in [-0.1, -0.05) is 18.2 Å². The minimum absolute atomic E-state index is 0.0321. The summed E-state index contributed by atoms with van der Waals surface area (Å²) in [5.74, 6) is 0.996. The molecule has 1 rings (SSSR count). The summed E-state index contributed by atoms with van der Waals surface area (Å²) in [6.45, 7) is 2.69. The lowest BCUT2D eigenvalue weighted by Crippen LogP contribution is -2.41. The number of carbonyl (C=O) groups is 1. The monoisotopic (exact) mass is 238 g/mol. The topological polar surface area (TPSA) is 41.1 Å². The van der Waals surface area contributed by atoms with Crippen LogP contribution in [-0.4, -0.2) is 31.3 Å². The fourth-order valence-corrected chi connectivity index (χ4v) is 2.08. The first-order valence-electron chi connectivity index (χ1n) is 5.37. The molecule has 0 aromatic heterocycles. The number of hydrogen-bond acceptors (Lipinski definition) is 3. The van der Waals surface area contributed by atoms with Crippen LogP contribution < -0.4 is 10.6 Å². The Hall–Kier alpha value is -1.00. The Morgan fingerprint density at radius 1 is 1.38 bits per heavy atom. The molecule has 0 spiro atoms. The summed E-state index contributed by atoms with van der Waals surface area (Å²) in [6, 6.07) is 10.1. The molecule has 2 N–H and O–H groups in total. The second-order valence-electron chi connectivity index (χ2n) is 3.45.